The molecule has 0 atom stereocenters. The van der Waals surface area contributed by atoms with Gasteiger partial charge in [0, 0.05) is 5.46 Å². The first-order valence-corrected chi connectivity index (χ1v) is 3.97. The number of rotatable bonds is 1. The number of carbonyl (C=O) groups excluding carboxylic acids is 2. The average molecular weight is 210 g/mol. The summed E-state index contributed by atoms with van der Waals surface area (Å²) in [7, 11) is -2.04. The normalized spacial score (nSPS) is 13.8. The van der Waals surface area contributed by atoms with E-state index in [1.165, 1.54) is 0 Å². The zero-order chi connectivity index (χ0) is 11.2. The SMILES string of the molecule is O=C1OC(=O)c2cc(B(O)O)c(F)cc21. The molecule has 5 nitrogen and oxygen atoms in total. The van der Waals surface area contributed by atoms with Gasteiger partial charge in [0.1, 0.15) is 5.82 Å². The Balaban J connectivity index is 2.64. The van der Waals surface area contributed by atoms with Gasteiger partial charge in [0.2, 0.25) is 0 Å². The lowest BCUT2D eigenvalue weighted by molar-refractivity contribution is 0.0443. The molecule has 1 heterocycles. The van der Waals surface area contributed by atoms with Crippen LogP contribution in [-0.2, 0) is 4.74 Å². The molecule has 0 radical (unpaired) electrons. The van der Waals surface area contributed by atoms with Crippen LogP contribution in [0.5, 0.6) is 0 Å². The molecule has 1 aliphatic rings. The third kappa shape index (κ3) is 1.41. The van der Waals surface area contributed by atoms with E-state index in [-0.39, 0.29) is 11.1 Å². The van der Waals surface area contributed by atoms with E-state index < -0.39 is 30.3 Å². The fourth-order valence-electron chi connectivity index (χ4n) is 1.32. The first kappa shape index (κ1) is 9.82. The fourth-order valence-corrected chi connectivity index (χ4v) is 1.32. The van der Waals surface area contributed by atoms with Crippen LogP contribution in [0.15, 0.2) is 12.1 Å². The second-order valence-electron chi connectivity index (χ2n) is 2.97. The van der Waals surface area contributed by atoms with Crippen molar-refractivity contribution in [2.45, 2.75) is 0 Å². The van der Waals surface area contributed by atoms with Gasteiger partial charge in [0.25, 0.3) is 0 Å². The quantitative estimate of drug-likeness (QED) is 0.346. The maximum absolute atomic E-state index is 13.2. The predicted octanol–water partition coefficient (Wildman–Crippen LogP) is -1.18. The lowest BCUT2D eigenvalue weighted by atomic mass is 9.78. The second kappa shape index (κ2) is 3.14. The van der Waals surface area contributed by atoms with Crippen molar-refractivity contribution in [3.05, 3.63) is 29.1 Å². The van der Waals surface area contributed by atoms with Crippen molar-refractivity contribution in [1.82, 2.24) is 0 Å². The molecule has 76 valence electrons. The van der Waals surface area contributed by atoms with Crippen molar-refractivity contribution < 1.29 is 28.8 Å². The molecular formula is C8H4BFO5. The predicted molar refractivity (Wildman–Crippen MR) is 46.0 cm³/mol. The molecule has 7 heteroatoms. The van der Waals surface area contributed by atoms with Crippen molar-refractivity contribution in [2.24, 2.45) is 0 Å². The maximum atomic E-state index is 13.2. The zero-order valence-corrected chi connectivity index (χ0v) is 7.23. The Hall–Kier alpha value is -1.73. The van der Waals surface area contributed by atoms with Crippen LogP contribution in [0.1, 0.15) is 20.7 Å². The van der Waals surface area contributed by atoms with Crippen LogP contribution in [0.25, 0.3) is 0 Å². The number of benzene rings is 1. The molecule has 0 fully saturated rings. The Bertz CT molecular complexity index is 470. The van der Waals surface area contributed by atoms with Gasteiger partial charge < -0.3 is 14.8 Å². The number of esters is 2. The smallest absolute Gasteiger partial charge is 0.423 e. The minimum absolute atomic E-state index is 0.162. The highest BCUT2D eigenvalue weighted by molar-refractivity contribution is 6.58. The summed E-state index contributed by atoms with van der Waals surface area (Å²) < 4.78 is 17.4. The van der Waals surface area contributed by atoms with Gasteiger partial charge in [0.05, 0.1) is 11.1 Å². The topological polar surface area (TPSA) is 83.8 Å². The van der Waals surface area contributed by atoms with Crippen LogP contribution in [-0.4, -0.2) is 29.1 Å². The van der Waals surface area contributed by atoms with Crippen LogP contribution >= 0.6 is 0 Å². The molecule has 1 aromatic carbocycles. The maximum Gasteiger partial charge on any atom is 0.491 e. The minimum atomic E-state index is -2.04. The summed E-state index contributed by atoms with van der Waals surface area (Å²) in [6, 6.07) is 1.64. The monoisotopic (exact) mass is 210 g/mol. The van der Waals surface area contributed by atoms with Crippen molar-refractivity contribution >= 4 is 24.5 Å². The van der Waals surface area contributed by atoms with Gasteiger partial charge in [-0.05, 0) is 12.1 Å². The number of cyclic esters (lactones) is 2. The largest absolute Gasteiger partial charge is 0.491 e. The minimum Gasteiger partial charge on any atom is -0.423 e. The molecule has 0 bridgehead atoms. The lowest BCUT2D eigenvalue weighted by Gasteiger charge is -2.02. The molecule has 0 saturated carbocycles. The number of hydrogen-bond acceptors (Lipinski definition) is 5. The Labute approximate surface area is 83.2 Å². The number of carbonyl (C=O) groups is 2. The van der Waals surface area contributed by atoms with Crippen LogP contribution < -0.4 is 5.46 Å². The summed E-state index contributed by atoms with van der Waals surface area (Å²) in [6.07, 6.45) is 0. The van der Waals surface area contributed by atoms with Crippen LogP contribution in [0.4, 0.5) is 4.39 Å². The van der Waals surface area contributed by atoms with Crippen molar-refractivity contribution in [2.75, 3.05) is 0 Å². The molecule has 1 aromatic rings. The Morgan fingerprint density at radius 1 is 1.13 bits per heavy atom. The molecule has 2 N–H and O–H groups in total. The molecule has 0 aromatic heterocycles. The van der Waals surface area contributed by atoms with E-state index in [4.69, 9.17) is 10.0 Å². The van der Waals surface area contributed by atoms with E-state index in [2.05, 4.69) is 4.74 Å². The summed E-state index contributed by atoms with van der Waals surface area (Å²) in [5.74, 6) is -2.83. The van der Waals surface area contributed by atoms with E-state index >= 15 is 0 Å². The molecule has 2 rings (SSSR count). The number of fused-ring (bicyclic) bond motifs is 1. The summed E-state index contributed by atoms with van der Waals surface area (Å²) in [4.78, 5) is 22.0. The third-order valence-corrected chi connectivity index (χ3v) is 2.04. The summed E-state index contributed by atoms with van der Waals surface area (Å²) in [5, 5.41) is 17.5. The van der Waals surface area contributed by atoms with E-state index in [1.807, 2.05) is 0 Å². The molecule has 0 saturated heterocycles. The summed E-state index contributed by atoms with van der Waals surface area (Å²) in [6.45, 7) is 0. The lowest BCUT2D eigenvalue weighted by Crippen LogP contribution is -2.33. The highest BCUT2D eigenvalue weighted by atomic mass is 19.1. The van der Waals surface area contributed by atoms with Gasteiger partial charge in [-0.15, -0.1) is 0 Å². The van der Waals surface area contributed by atoms with E-state index in [0.29, 0.717) is 0 Å². The standard InChI is InChI=1S/C8H4BFO5/c10-6-2-4-3(1-5(6)9(13)14)7(11)15-8(4)12/h1-2,13-14H. The first-order valence-electron chi connectivity index (χ1n) is 3.97. The second-order valence-corrected chi connectivity index (χ2v) is 2.97. The fraction of sp³-hybridized carbons (Fsp3) is 0. The van der Waals surface area contributed by atoms with Gasteiger partial charge in [-0.2, -0.15) is 0 Å². The van der Waals surface area contributed by atoms with Crippen molar-refractivity contribution in [1.29, 1.82) is 0 Å². The number of ether oxygens (including phenoxy) is 1. The molecule has 0 amide bonds. The average Bonchev–Trinajstić information content (AvgIpc) is 2.41. The van der Waals surface area contributed by atoms with Crippen LogP contribution in [0.2, 0.25) is 0 Å². The van der Waals surface area contributed by atoms with Gasteiger partial charge >= 0.3 is 19.1 Å². The Kier molecular flexibility index (Phi) is 2.06. The first-order chi connectivity index (χ1) is 7.00. The zero-order valence-electron chi connectivity index (χ0n) is 7.23. The van der Waals surface area contributed by atoms with Gasteiger partial charge in [-0.1, -0.05) is 0 Å². The van der Waals surface area contributed by atoms with Crippen LogP contribution in [0, 0.1) is 5.82 Å². The molecule has 0 unspecified atom stereocenters. The summed E-state index contributed by atoms with van der Waals surface area (Å²) >= 11 is 0. The molecule has 1 aliphatic heterocycles. The number of hydrogen-bond donors (Lipinski definition) is 2. The molecule has 0 spiro atoms. The Morgan fingerprint density at radius 2 is 1.67 bits per heavy atom. The van der Waals surface area contributed by atoms with E-state index in [0.717, 1.165) is 12.1 Å². The number of halogens is 1. The molecular weight excluding hydrogens is 206 g/mol. The highest BCUT2D eigenvalue weighted by Crippen LogP contribution is 2.19. The van der Waals surface area contributed by atoms with Gasteiger partial charge in [-0.25, -0.2) is 14.0 Å². The van der Waals surface area contributed by atoms with Crippen LogP contribution in [0.3, 0.4) is 0 Å². The van der Waals surface area contributed by atoms with E-state index in [9.17, 15) is 14.0 Å². The van der Waals surface area contributed by atoms with E-state index in [1.54, 1.807) is 0 Å². The molecule has 0 aliphatic carbocycles. The van der Waals surface area contributed by atoms with Crippen molar-refractivity contribution in [3.63, 3.8) is 0 Å². The third-order valence-electron chi connectivity index (χ3n) is 2.04. The van der Waals surface area contributed by atoms with Gasteiger partial charge in [0.15, 0.2) is 0 Å². The molecule has 15 heavy (non-hydrogen) atoms. The van der Waals surface area contributed by atoms with Gasteiger partial charge in [-0.3, -0.25) is 0 Å². The highest BCUT2D eigenvalue weighted by Gasteiger charge is 2.32. The summed E-state index contributed by atoms with van der Waals surface area (Å²) in [5.41, 5.74) is -0.841. The van der Waals surface area contributed by atoms with Crippen molar-refractivity contribution in [3.8, 4) is 0 Å². The Morgan fingerprint density at radius 3 is 2.20 bits per heavy atom.